The van der Waals surface area contributed by atoms with Crippen molar-refractivity contribution in [1.82, 2.24) is 15.0 Å². The number of aromatic nitrogens is 3. The van der Waals surface area contributed by atoms with E-state index >= 15 is 0 Å². The molecular formula is C19H21F3N4OS. The van der Waals surface area contributed by atoms with Crippen molar-refractivity contribution in [2.45, 2.75) is 39.4 Å². The Hall–Kier alpha value is -2.26. The highest BCUT2D eigenvalue weighted by Gasteiger charge is 2.35. The predicted molar refractivity (Wildman–Crippen MR) is 103 cm³/mol. The Morgan fingerprint density at radius 2 is 1.96 bits per heavy atom. The molecule has 2 N–H and O–H groups in total. The Kier molecular flexibility index (Phi) is 5.85. The van der Waals surface area contributed by atoms with E-state index in [1.165, 1.54) is 23.7 Å². The van der Waals surface area contributed by atoms with Gasteiger partial charge in [-0.3, -0.25) is 0 Å². The second-order valence-electron chi connectivity index (χ2n) is 6.95. The second-order valence-corrected chi connectivity index (χ2v) is 8.13. The highest BCUT2D eigenvalue weighted by Crippen LogP contribution is 2.39. The number of hydrogen-bond acceptors (Lipinski definition) is 6. The van der Waals surface area contributed by atoms with Crippen LogP contribution < -0.4 is 10.5 Å². The molecule has 0 fully saturated rings. The maximum Gasteiger partial charge on any atom is 0.419 e. The summed E-state index contributed by atoms with van der Waals surface area (Å²) in [4.78, 5) is 13.3. The van der Waals surface area contributed by atoms with Gasteiger partial charge >= 0.3 is 6.18 Å². The van der Waals surface area contributed by atoms with Crippen LogP contribution in [0.3, 0.4) is 0 Å². The molecule has 150 valence electrons. The number of fused-ring (bicyclic) bond motifs is 1. The summed E-state index contributed by atoms with van der Waals surface area (Å²) < 4.78 is 46.4. The van der Waals surface area contributed by atoms with Crippen molar-refractivity contribution in [3.63, 3.8) is 0 Å². The third kappa shape index (κ3) is 4.59. The fourth-order valence-corrected chi connectivity index (χ4v) is 3.78. The summed E-state index contributed by atoms with van der Waals surface area (Å²) in [6.45, 7) is 5.73. The molecule has 0 radical (unpaired) electrons. The van der Waals surface area contributed by atoms with Gasteiger partial charge in [0.15, 0.2) is 0 Å². The summed E-state index contributed by atoms with van der Waals surface area (Å²) in [5.74, 6) is -0.159. The van der Waals surface area contributed by atoms with E-state index in [4.69, 9.17) is 10.5 Å². The van der Waals surface area contributed by atoms with E-state index in [0.717, 1.165) is 11.1 Å². The van der Waals surface area contributed by atoms with E-state index in [1.807, 2.05) is 20.8 Å². The molecular weight excluding hydrogens is 389 g/mol. The van der Waals surface area contributed by atoms with Crippen LogP contribution in [0, 0.1) is 12.8 Å². The standard InChI is InChI=1S/C19H21F3N4OS/c1-10(6-11(2)23)8-27-15-5-4-13(7-14(15)19(20,21)22)16-17-18(25-9-24-16)28-12(3)26-17/h4-5,7,9-11H,6,8,23H2,1-3H3. The van der Waals surface area contributed by atoms with Crippen LogP contribution in [-0.4, -0.2) is 27.6 Å². The summed E-state index contributed by atoms with van der Waals surface area (Å²) in [7, 11) is 0. The van der Waals surface area contributed by atoms with Gasteiger partial charge in [-0.25, -0.2) is 15.0 Å². The molecule has 3 aromatic rings. The van der Waals surface area contributed by atoms with Crippen molar-refractivity contribution in [3.05, 3.63) is 35.1 Å². The maximum atomic E-state index is 13.7. The molecule has 2 atom stereocenters. The van der Waals surface area contributed by atoms with Crippen LogP contribution in [0.25, 0.3) is 21.6 Å². The Bertz CT molecular complexity index is 971. The van der Waals surface area contributed by atoms with Crippen molar-refractivity contribution in [1.29, 1.82) is 0 Å². The smallest absolute Gasteiger partial charge is 0.419 e. The van der Waals surface area contributed by atoms with Gasteiger partial charge in [0.2, 0.25) is 0 Å². The van der Waals surface area contributed by atoms with Gasteiger partial charge in [-0.15, -0.1) is 0 Å². The molecule has 0 aliphatic rings. The molecule has 0 aliphatic heterocycles. The molecule has 0 saturated carbocycles. The average Bonchev–Trinajstić information content (AvgIpc) is 2.98. The van der Waals surface area contributed by atoms with E-state index in [1.54, 1.807) is 6.07 Å². The number of ether oxygens (including phenoxy) is 1. The molecule has 28 heavy (non-hydrogen) atoms. The van der Waals surface area contributed by atoms with E-state index in [0.29, 0.717) is 28.0 Å². The zero-order valence-electron chi connectivity index (χ0n) is 15.7. The Morgan fingerprint density at radius 3 is 2.64 bits per heavy atom. The summed E-state index contributed by atoms with van der Waals surface area (Å²) in [6, 6.07) is 3.92. The van der Waals surface area contributed by atoms with Crippen molar-refractivity contribution in [2.75, 3.05) is 6.61 Å². The third-order valence-corrected chi connectivity index (χ3v) is 5.04. The van der Waals surface area contributed by atoms with Crippen LogP contribution in [-0.2, 0) is 6.18 Å². The lowest BCUT2D eigenvalue weighted by Gasteiger charge is -2.18. The number of halogens is 3. The van der Waals surface area contributed by atoms with Gasteiger partial charge in [0.25, 0.3) is 0 Å². The number of hydrogen-bond donors (Lipinski definition) is 1. The van der Waals surface area contributed by atoms with Gasteiger partial charge in [-0.1, -0.05) is 18.3 Å². The molecule has 2 unspecified atom stereocenters. The van der Waals surface area contributed by atoms with E-state index in [9.17, 15) is 13.2 Å². The number of nitrogens with two attached hydrogens (primary N) is 1. The minimum absolute atomic E-state index is 0.0372. The molecule has 0 saturated heterocycles. The molecule has 0 spiro atoms. The SMILES string of the molecule is Cc1nc2c(-c3ccc(OCC(C)CC(C)N)c(C(F)(F)F)c3)ncnc2s1. The number of thiazole rings is 1. The molecule has 0 amide bonds. The number of rotatable bonds is 6. The lowest BCUT2D eigenvalue weighted by molar-refractivity contribution is -0.139. The van der Waals surface area contributed by atoms with Gasteiger partial charge in [-0.2, -0.15) is 13.2 Å². The number of aryl methyl sites for hydroxylation is 1. The molecule has 0 bridgehead atoms. The predicted octanol–water partition coefficient (Wildman–Crippen LogP) is 4.83. The molecule has 2 heterocycles. The molecule has 9 heteroatoms. The zero-order chi connectivity index (χ0) is 20.5. The van der Waals surface area contributed by atoms with Gasteiger partial charge in [-0.05, 0) is 44.4 Å². The first-order valence-corrected chi connectivity index (χ1v) is 9.65. The zero-order valence-corrected chi connectivity index (χ0v) is 16.6. The molecule has 0 aliphatic carbocycles. The normalized spacial score (nSPS) is 14.2. The lowest BCUT2D eigenvalue weighted by atomic mass is 10.0. The highest BCUT2D eigenvalue weighted by molar-refractivity contribution is 7.18. The van der Waals surface area contributed by atoms with E-state index in [2.05, 4.69) is 15.0 Å². The Balaban J connectivity index is 1.97. The van der Waals surface area contributed by atoms with Crippen molar-refractivity contribution in [2.24, 2.45) is 11.7 Å². The van der Waals surface area contributed by atoms with Crippen LogP contribution in [0.1, 0.15) is 30.8 Å². The van der Waals surface area contributed by atoms with Gasteiger partial charge < -0.3 is 10.5 Å². The van der Waals surface area contributed by atoms with Crippen LogP contribution in [0.2, 0.25) is 0 Å². The fourth-order valence-electron chi connectivity index (χ4n) is 3.03. The number of alkyl halides is 3. The molecule has 1 aromatic carbocycles. The minimum atomic E-state index is -4.56. The van der Waals surface area contributed by atoms with Gasteiger partial charge in [0, 0.05) is 11.6 Å². The monoisotopic (exact) mass is 410 g/mol. The molecule has 3 rings (SSSR count). The van der Waals surface area contributed by atoms with Gasteiger partial charge in [0.1, 0.15) is 28.1 Å². The molecule has 2 aromatic heterocycles. The highest BCUT2D eigenvalue weighted by atomic mass is 32.1. The van der Waals surface area contributed by atoms with Crippen LogP contribution in [0.4, 0.5) is 13.2 Å². The number of nitrogens with zero attached hydrogens (tertiary/aromatic N) is 3. The quantitative estimate of drug-likeness (QED) is 0.630. The second kappa shape index (κ2) is 8.00. The minimum Gasteiger partial charge on any atom is -0.493 e. The van der Waals surface area contributed by atoms with Crippen LogP contribution in [0.5, 0.6) is 5.75 Å². The van der Waals surface area contributed by atoms with Gasteiger partial charge in [0.05, 0.1) is 17.2 Å². The Labute approximate surface area is 164 Å². The first-order valence-electron chi connectivity index (χ1n) is 8.83. The summed E-state index contributed by atoms with van der Waals surface area (Å²) in [5, 5.41) is 0.774. The Morgan fingerprint density at radius 1 is 1.21 bits per heavy atom. The third-order valence-electron chi connectivity index (χ3n) is 4.16. The fraction of sp³-hybridized carbons (Fsp3) is 0.421. The van der Waals surface area contributed by atoms with Crippen molar-refractivity contribution in [3.8, 4) is 17.0 Å². The summed E-state index contributed by atoms with van der Waals surface area (Å²) in [6.07, 6.45) is -2.55. The van der Waals surface area contributed by atoms with E-state index < -0.39 is 11.7 Å². The first-order chi connectivity index (χ1) is 13.1. The summed E-state index contributed by atoms with van der Waals surface area (Å²) >= 11 is 1.37. The topological polar surface area (TPSA) is 73.9 Å². The molecule has 5 nitrogen and oxygen atoms in total. The maximum absolute atomic E-state index is 13.7. The summed E-state index contributed by atoms with van der Waals surface area (Å²) in [5.41, 5.74) is 6.09. The van der Waals surface area contributed by atoms with Crippen molar-refractivity contribution >= 4 is 21.7 Å². The largest absolute Gasteiger partial charge is 0.493 e. The van der Waals surface area contributed by atoms with E-state index in [-0.39, 0.29) is 24.3 Å². The average molecular weight is 410 g/mol. The van der Waals surface area contributed by atoms with Crippen LogP contribution in [0.15, 0.2) is 24.5 Å². The lowest BCUT2D eigenvalue weighted by Crippen LogP contribution is -2.22. The van der Waals surface area contributed by atoms with Crippen LogP contribution >= 0.6 is 11.3 Å². The number of benzene rings is 1. The van der Waals surface area contributed by atoms with Crippen molar-refractivity contribution < 1.29 is 17.9 Å². The first kappa shape index (κ1) is 20.5.